The van der Waals surface area contributed by atoms with Crippen molar-refractivity contribution in [1.29, 1.82) is 0 Å². The summed E-state index contributed by atoms with van der Waals surface area (Å²) in [4.78, 5) is 48.0. The van der Waals surface area contributed by atoms with E-state index in [4.69, 9.17) is 23.3 Å². The Hall–Kier alpha value is -3.08. The monoisotopic (exact) mass is 893 g/mol. The fourth-order valence-electron chi connectivity index (χ4n) is 5.92. The van der Waals surface area contributed by atoms with Crippen molar-refractivity contribution in [1.82, 2.24) is 0 Å². The second-order valence-electron chi connectivity index (χ2n) is 15.5. The second-order valence-corrected chi connectivity index (χ2v) is 17.0. The number of hydrogen-bond donors (Lipinski definition) is 2. The first-order chi connectivity index (χ1) is 30.2. The van der Waals surface area contributed by atoms with Gasteiger partial charge in [-0.05, 0) is 83.5 Å². The first-order valence-electron chi connectivity index (χ1n) is 23.8. The van der Waals surface area contributed by atoms with Crippen LogP contribution in [0.5, 0.6) is 0 Å². The fraction of sp³-hybridized carbons (Fsp3) is 0.700. The molecule has 0 saturated heterocycles. The Bertz CT molecular complexity index is 1320. The van der Waals surface area contributed by atoms with Gasteiger partial charge in [-0.25, -0.2) is 4.57 Å². The molecule has 0 aliphatic carbocycles. The van der Waals surface area contributed by atoms with E-state index in [0.29, 0.717) is 19.3 Å². The van der Waals surface area contributed by atoms with E-state index in [1.807, 2.05) is 12.2 Å². The van der Waals surface area contributed by atoms with Crippen LogP contribution in [-0.2, 0) is 42.2 Å². The summed E-state index contributed by atoms with van der Waals surface area (Å²) in [7, 11) is -4.76. The van der Waals surface area contributed by atoms with Crippen molar-refractivity contribution in [2.45, 2.75) is 200 Å². The van der Waals surface area contributed by atoms with Gasteiger partial charge in [0.2, 0.25) is 0 Å². The molecule has 0 radical (unpaired) electrons. The van der Waals surface area contributed by atoms with Crippen LogP contribution in [0.1, 0.15) is 188 Å². The molecule has 3 atom stereocenters. The van der Waals surface area contributed by atoms with Gasteiger partial charge in [0.05, 0.1) is 19.8 Å². The molecular weight excluding hydrogens is 808 g/mol. The smallest absolute Gasteiger partial charge is 0.462 e. The topological polar surface area (TPSA) is 155 Å². The minimum absolute atomic E-state index is 0.0425. The first-order valence-corrected chi connectivity index (χ1v) is 25.3. The van der Waals surface area contributed by atoms with Crippen LogP contribution in [-0.4, -0.2) is 66.5 Å². The highest BCUT2D eigenvalue weighted by Gasteiger charge is 2.28. The van der Waals surface area contributed by atoms with Crippen molar-refractivity contribution in [2.24, 2.45) is 0 Å². The van der Waals surface area contributed by atoms with E-state index in [1.54, 1.807) is 0 Å². The van der Waals surface area contributed by atoms with Gasteiger partial charge in [-0.15, -0.1) is 0 Å². The summed E-state index contributed by atoms with van der Waals surface area (Å²) >= 11 is 0. The third kappa shape index (κ3) is 42.2. The van der Waals surface area contributed by atoms with Gasteiger partial charge in [-0.2, -0.15) is 0 Å². The number of aliphatic hydroxyl groups is 1. The number of rotatable bonds is 43. The Balaban J connectivity index is 4.87. The summed E-state index contributed by atoms with van der Waals surface area (Å²) in [5.74, 6) is -1.59. The number of ether oxygens (including phenoxy) is 3. The van der Waals surface area contributed by atoms with Gasteiger partial charge in [-0.1, -0.05) is 158 Å². The Morgan fingerprint density at radius 2 is 0.871 bits per heavy atom. The van der Waals surface area contributed by atoms with Crippen LogP contribution >= 0.6 is 7.82 Å². The van der Waals surface area contributed by atoms with Crippen LogP contribution in [0.25, 0.3) is 0 Å². The quantitative estimate of drug-likeness (QED) is 0.0198. The van der Waals surface area contributed by atoms with Gasteiger partial charge < -0.3 is 24.2 Å². The van der Waals surface area contributed by atoms with Gasteiger partial charge in [0.15, 0.2) is 6.10 Å². The summed E-state index contributed by atoms with van der Waals surface area (Å²) in [6.07, 6.45) is 46.2. The average molecular weight is 893 g/mol. The number of phosphoric ester groups is 1. The van der Waals surface area contributed by atoms with Gasteiger partial charge in [-0.3, -0.25) is 23.4 Å². The Labute approximate surface area is 376 Å². The minimum Gasteiger partial charge on any atom is -0.462 e. The largest absolute Gasteiger partial charge is 0.472 e. The maximum Gasteiger partial charge on any atom is 0.472 e. The maximum atomic E-state index is 12.8. The zero-order chi connectivity index (χ0) is 45.6. The Kier molecular flexibility index (Phi) is 42.3. The summed E-state index contributed by atoms with van der Waals surface area (Å²) in [5, 5.41) is 9.73. The molecule has 0 spiro atoms. The van der Waals surface area contributed by atoms with Crippen molar-refractivity contribution < 1.29 is 52.2 Å². The number of aliphatic hydroxyl groups excluding tert-OH is 1. The lowest BCUT2D eigenvalue weighted by molar-refractivity contribution is -0.161. The number of carbonyl (C=O) groups is 3. The molecular formula is C50H85O11P. The zero-order valence-corrected chi connectivity index (χ0v) is 39.7. The molecule has 0 fully saturated rings. The number of carbonyl (C=O) groups excluding carboxylic acids is 3. The zero-order valence-electron chi connectivity index (χ0n) is 38.8. The van der Waals surface area contributed by atoms with Crippen LogP contribution in [0, 0.1) is 0 Å². The van der Waals surface area contributed by atoms with E-state index in [0.717, 1.165) is 103 Å². The molecule has 0 amide bonds. The predicted octanol–water partition coefficient (Wildman–Crippen LogP) is 13.0. The summed E-state index contributed by atoms with van der Waals surface area (Å²) in [6.45, 7) is 4.30. The number of esters is 3. The molecule has 0 aromatic rings. The third-order valence-electron chi connectivity index (χ3n) is 9.60. The van der Waals surface area contributed by atoms with E-state index in [1.165, 1.54) is 25.7 Å². The Morgan fingerprint density at radius 1 is 0.468 bits per heavy atom. The van der Waals surface area contributed by atoms with E-state index in [2.05, 4.69) is 81.5 Å². The van der Waals surface area contributed by atoms with Crippen LogP contribution in [0.4, 0.5) is 0 Å². The van der Waals surface area contributed by atoms with E-state index in [-0.39, 0.29) is 25.9 Å². The van der Waals surface area contributed by atoms with Crippen molar-refractivity contribution in [3.63, 3.8) is 0 Å². The van der Waals surface area contributed by atoms with Gasteiger partial charge in [0.1, 0.15) is 12.7 Å². The van der Waals surface area contributed by atoms with Crippen LogP contribution in [0.15, 0.2) is 72.9 Å². The molecule has 0 heterocycles. The van der Waals surface area contributed by atoms with Crippen LogP contribution in [0.2, 0.25) is 0 Å². The third-order valence-corrected chi connectivity index (χ3v) is 10.5. The fourth-order valence-corrected chi connectivity index (χ4v) is 6.70. The number of hydrogen-bond acceptors (Lipinski definition) is 10. The van der Waals surface area contributed by atoms with Crippen LogP contribution in [0.3, 0.4) is 0 Å². The lowest BCUT2D eigenvalue weighted by Gasteiger charge is -2.21. The highest BCUT2D eigenvalue weighted by molar-refractivity contribution is 7.47. The molecule has 356 valence electrons. The lowest BCUT2D eigenvalue weighted by atomic mass is 10.1. The van der Waals surface area contributed by atoms with Crippen molar-refractivity contribution in [3.05, 3.63) is 72.9 Å². The molecule has 0 aromatic carbocycles. The molecule has 0 aromatic heterocycles. The molecule has 2 N–H and O–H groups in total. The molecule has 11 nitrogen and oxygen atoms in total. The highest BCUT2D eigenvalue weighted by Crippen LogP contribution is 2.43. The standard InChI is InChI=1S/C50H85O11P/c1-4-7-10-13-16-19-22-23-26-29-32-35-38-41-50(54)61-47(43-57-48(52)39-36-33-30-27-24-20-17-14-11-8-5-2)45-59-62(55,56)58-44-46(42-51)60-49(53)40-37-34-31-28-25-21-18-15-12-9-6-3/h7,10,14-19,23,26,32,35,46-47,51H,4-6,8-9,11-13,20-22,24-25,27-31,33-34,36-45H2,1-3H3,(H,55,56)/b10-7-,17-14-,18-15-,19-16-,26-23-,35-32-. The minimum atomic E-state index is -4.76. The van der Waals surface area contributed by atoms with E-state index in [9.17, 15) is 28.9 Å². The van der Waals surface area contributed by atoms with Crippen LogP contribution < -0.4 is 0 Å². The summed E-state index contributed by atoms with van der Waals surface area (Å²) in [5.41, 5.74) is 0. The van der Waals surface area contributed by atoms with Gasteiger partial charge in [0.25, 0.3) is 0 Å². The molecule has 0 rings (SSSR count). The number of allylic oxidation sites excluding steroid dienone is 12. The first kappa shape index (κ1) is 58.9. The predicted molar refractivity (Wildman–Crippen MR) is 251 cm³/mol. The Morgan fingerprint density at radius 3 is 1.39 bits per heavy atom. The SMILES string of the molecule is CC/C=C\C/C=C\C/C=C\C/C=C\CCC(=O)OC(COC(=O)CCCCCCC/C=C\CCCC)COP(=O)(O)OCC(CO)OC(=O)CCCCCCC/C=C\CCCC. The summed E-state index contributed by atoms with van der Waals surface area (Å²) in [6, 6.07) is 0. The van der Waals surface area contributed by atoms with Crippen molar-refractivity contribution in [3.8, 4) is 0 Å². The van der Waals surface area contributed by atoms with Gasteiger partial charge in [0, 0.05) is 19.3 Å². The molecule has 62 heavy (non-hydrogen) atoms. The number of unbranched alkanes of at least 4 members (excludes halogenated alkanes) is 14. The average Bonchev–Trinajstić information content (AvgIpc) is 3.25. The summed E-state index contributed by atoms with van der Waals surface area (Å²) < 4.78 is 39.1. The molecule has 12 heteroatoms. The van der Waals surface area contributed by atoms with Crippen molar-refractivity contribution >= 4 is 25.7 Å². The van der Waals surface area contributed by atoms with E-state index >= 15 is 0 Å². The van der Waals surface area contributed by atoms with Gasteiger partial charge >= 0.3 is 25.7 Å². The highest BCUT2D eigenvalue weighted by atomic mass is 31.2. The molecule has 0 bridgehead atoms. The second kappa shape index (κ2) is 44.5. The van der Waals surface area contributed by atoms with E-state index < -0.39 is 57.8 Å². The normalized spacial score (nSPS) is 14.2. The molecule has 0 aliphatic heterocycles. The lowest BCUT2D eigenvalue weighted by Crippen LogP contribution is -2.30. The van der Waals surface area contributed by atoms with Crippen molar-refractivity contribution in [2.75, 3.05) is 26.4 Å². The number of phosphoric acid groups is 1. The molecule has 0 saturated carbocycles. The molecule has 0 aliphatic rings. The molecule has 3 unspecified atom stereocenters. The maximum absolute atomic E-state index is 12.8.